The number of rotatable bonds is 4. The summed E-state index contributed by atoms with van der Waals surface area (Å²) in [5, 5.41) is 3.54. The molecule has 4 rings (SSSR count). The zero-order valence-corrected chi connectivity index (χ0v) is 13.9. The number of aromatic nitrogens is 2. The molecular weight excluding hydrogens is 286 g/mol. The molecule has 1 aliphatic carbocycles. The van der Waals surface area contributed by atoms with E-state index in [0.29, 0.717) is 5.92 Å². The largest absolute Gasteiger partial charge is 0.370 e. The van der Waals surface area contributed by atoms with Crippen LogP contribution in [0.25, 0.3) is 11.4 Å². The minimum absolute atomic E-state index is 0.0966. The summed E-state index contributed by atoms with van der Waals surface area (Å²) >= 11 is 0. The second kappa shape index (κ2) is 5.52. The second-order valence-corrected chi connectivity index (χ2v) is 7.03. The van der Waals surface area contributed by atoms with Crippen molar-refractivity contribution in [3.8, 4) is 11.4 Å². The third kappa shape index (κ3) is 2.28. The molecule has 0 bridgehead atoms. The van der Waals surface area contributed by atoms with Crippen molar-refractivity contribution in [2.45, 2.75) is 46.0 Å². The Morgan fingerprint density at radius 3 is 2.83 bits per heavy atom. The molecule has 0 unspecified atom stereocenters. The molecule has 0 saturated carbocycles. The average molecular weight is 309 g/mol. The van der Waals surface area contributed by atoms with Gasteiger partial charge in [0.05, 0.1) is 11.3 Å². The lowest BCUT2D eigenvalue weighted by atomic mass is 9.88. The Kier molecular flexibility index (Phi) is 3.47. The van der Waals surface area contributed by atoms with Gasteiger partial charge in [0.1, 0.15) is 11.5 Å². The van der Waals surface area contributed by atoms with Crippen LogP contribution in [0.2, 0.25) is 0 Å². The second-order valence-electron chi connectivity index (χ2n) is 7.03. The zero-order chi connectivity index (χ0) is 16.0. The predicted molar refractivity (Wildman–Crippen MR) is 92.0 cm³/mol. The van der Waals surface area contributed by atoms with E-state index >= 15 is 0 Å². The van der Waals surface area contributed by atoms with Crippen molar-refractivity contribution >= 4 is 11.7 Å². The number of anilines is 1. The average Bonchev–Trinajstić information content (AvgIpc) is 3.11. The van der Waals surface area contributed by atoms with Crippen molar-refractivity contribution in [1.82, 2.24) is 9.55 Å². The first-order valence-corrected chi connectivity index (χ1v) is 8.69. The molecule has 0 spiro atoms. The van der Waals surface area contributed by atoms with Crippen LogP contribution in [0.15, 0.2) is 18.3 Å². The lowest BCUT2D eigenvalue weighted by Gasteiger charge is -2.22. The molecule has 0 saturated heterocycles. The molecule has 0 atom stereocenters. The maximum absolute atomic E-state index is 12.7. The number of hydrogen-bond acceptors (Lipinski definition) is 3. The van der Waals surface area contributed by atoms with Gasteiger partial charge in [0.15, 0.2) is 0 Å². The lowest BCUT2D eigenvalue weighted by Crippen LogP contribution is -2.17. The van der Waals surface area contributed by atoms with E-state index in [1.807, 2.05) is 18.3 Å². The molecule has 2 aliphatic rings. The first-order valence-electron chi connectivity index (χ1n) is 8.69. The maximum atomic E-state index is 12.7. The van der Waals surface area contributed by atoms with Crippen LogP contribution >= 0.6 is 0 Å². The highest BCUT2D eigenvalue weighted by Gasteiger charge is 2.33. The Bertz CT molecular complexity index is 773. The summed E-state index contributed by atoms with van der Waals surface area (Å²) in [6.07, 6.45) is 7.35. The van der Waals surface area contributed by atoms with Crippen molar-refractivity contribution in [2.24, 2.45) is 5.92 Å². The van der Waals surface area contributed by atoms with Crippen LogP contribution in [0.5, 0.6) is 0 Å². The van der Waals surface area contributed by atoms with Crippen molar-refractivity contribution in [1.29, 1.82) is 0 Å². The summed E-state index contributed by atoms with van der Waals surface area (Å²) in [5.41, 5.74) is 5.17. The van der Waals surface area contributed by atoms with Gasteiger partial charge in [-0.2, -0.15) is 0 Å². The Balaban J connectivity index is 1.80. The number of fused-ring (bicyclic) bond motifs is 5. The Morgan fingerprint density at radius 2 is 2.04 bits per heavy atom. The fraction of sp³-hybridized carbons (Fsp3) is 0.474. The smallest absolute Gasteiger partial charge is 0.264 e. The van der Waals surface area contributed by atoms with Crippen LogP contribution in [-0.4, -0.2) is 22.0 Å². The normalized spacial score (nSPS) is 15.5. The van der Waals surface area contributed by atoms with E-state index in [-0.39, 0.29) is 5.91 Å². The minimum Gasteiger partial charge on any atom is -0.370 e. The zero-order valence-electron chi connectivity index (χ0n) is 13.9. The van der Waals surface area contributed by atoms with Crippen molar-refractivity contribution in [3.05, 3.63) is 35.0 Å². The summed E-state index contributed by atoms with van der Waals surface area (Å²) in [7, 11) is 0. The van der Waals surface area contributed by atoms with Crippen molar-refractivity contribution in [3.63, 3.8) is 0 Å². The molecule has 1 aliphatic heterocycles. The summed E-state index contributed by atoms with van der Waals surface area (Å²) in [6.45, 7) is 5.41. The number of pyridine rings is 1. The highest BCUT2D eigenvalue weighted by Crippen LogP contribution is 2.39. The van der Waals surface area contributed by atoms with Crippen LogP contribution in [-0.2, 0) is 12.8 Å². The van der Waals surface area contributed by atoms with Crippen LogP contribution in [0.4, 0.5) is 5.82 Å². The molecule has 4 heteroatoms. The lowest BCUT2D eigenvalue weighted by molar-refractivity contribution is 0.0968. The molecule has 1 N–H and O–H groups in total. The number of carbonyl (C=O) groups excluding carboxylic acids is 1. The number of carbonyl (C=O) groups is 1. The molecule has 0 aromatic carbocycles. The highest BCUT2D eigenvalue weighted by atomic mass is 16.2. The van der Waals surface area contributed by atoms with Crippen LogP contribution in [0.1, 0.15) is 54.6 Å². The molecule has 0 amide bonds. The van der Waals surface area contributed by atoms with E-state index in [0.717, 1.165) is 55.0 Å². The summed E-state index contributed by atoms with van der Waals surface area (Å²) in [5.74, 6) is 1.77. The number of nitrogens with one attached hydrogen (secondary N) is 1. The molecule has 2 aromatic heterocycles. The van der Waals surface area contributed by atoms with Crippen LogP contribution in [0, 0.1) is 5.92 Å². The monoisotopic (exact) mass is 309 g/mol. The van der Waals surface area contributed by atoms with Gasteiger partial charge in [-0.1, -0.05) is 13.8 Å². The van der Waals surface area contributed by atoms with Gasteiger partial charge in [-0.25, -0.2) is 4.98 Å². The first-order chi connectivity index (χ1) is 11.2. The van der Waals surface area contributed by atoms with Gasteiger partial charge in [-0.05, 0) is 61.3 Å². The number of nitrogens with zero attached hydrogens (tertiary/aromatic N) is 2. The van der Waals surface area contributed by atoms with E-state index in [2.05, 4.69) is 19.2 Å². The molecule has 4 nitrogen and oxygen atoms in total. The predicted octanol–water partition coefficient (Wildman–Crippen LogP) is 3.89. The Morgan fingerprint density at radius 1 is 1.26 bits per heavy atom. The molecule has 120 valence electrons. The fourth-order valence-electron chi connectivity index (χ4n) is 3.73. The molecule has 23 heavy (non-hydrogen) atoms. The van der Waals surface area contributed by atoms with Gasteiger partial charge in [0.2, 0.25) is 0 Å². The SMILES string of the molecule is CC(C)CCNc1nc2c(c3c1CCCC3)C(=O)n1cccc1-2. The molecule has 2 aromatic rings. The molecule has 0 radical (unpaired) electrons. The van der Waals surface area contributed by atoms with Gasteiger partial charge in [-0.15, -0.1) is 0 Å². The van der Waals surface area contributed by atoms with E-state index in [1.54, 1.807) is 4.57 Å². The molecule has 0 fully saturated rings. The van der Waals surface area contributed by atoms with Gasteiger partial charge in [0.25, 0.3) is 5.91 Å². The number of hydrogen-bond donors (Lipinski definition) is 1. The Labute approximate surface area is 136 Å². The van der Waals surface area contributed by atoms with Crippen molar-refractivity contribution < 1.29 is 4.79 Å². The van der Waals surface area contributed by atoms with Gasteiger partial charge < -0.3 is 5.32 Å². The summed E-state index contributed by atoms with van der Waals surface area (Å²) in [6, 6.07) is 3.91. The third-order valence-corrected chi connectivity index (χ3v) is 4.95. The van der Waals surface area contributed by atoms with E-state index in [9.17, 15) is 4.79 Å². The van der Waals surface area contributed by atoms with Crippen LogP contribution in [0.3, 0.4) is 0 Å². The molecular formula is C19H23N3O. The fourth-order valence-corrected chi connectivity index (χ4v) is 3.73. The standard InChI is InChI=1S/C19H23N3O/c1-12(2)9-10-20-18-14-7-4-3-6-13(14)16-17(21-18)15-8-5-11-22(15)19(16)23/h5,8,11-12H,3-4,6-7,9-10H2,1-2H3,(H,20,21). The highest BCUT2D eigenvalue weighted by molar-refractivity contribution is 6.09. The topological polar surface area (TPSA) is 46.9 Å². The minimum atomic E-state index is 0.0966. The van der Waals surface area contributed by atoms with Gasteiger partial charge in [0, 0.05) is 12.7 Å². The maximum Gasteiger partial charge on any atom is 0.264 e. The van der Waals surface area contributed by atoms with Gasteiger partial charge >= 0.3 is 0 Å². The summed E-state index contributed by atoms with van der Waals surface area (Å²) < 4.78 is 1.74. The van der Waals surface area contributed by atoms with E-state index in [4.69, 9.17) is 4.98 Å². The Hall–Kier alpha value is -2.10. The third-order valence-electron chi connectivity index (χ3n) is 4.95. The molecule has 3 heterocycles. The van der Waals surface area contributed by atoms with E-state index in [1.165, 1.54) is 17.5 Å². The van der Waals surface area contributed by atoms with E-state index < -0.39 is 0 Å². The van der Waals surface area contributed by atoms with Gasteiger partial charge in [-0.3, -0.25) is 9.36 Å². The van der Waals surface area contributed by atoms with Crippen molar-refractivity contribution in [2.75, 3.05) is 11.9 Å². The van der Waals surface area contributed by atoms with Crippen LogP contribution < -0.4 is 5.32 Å². The first kappa shape index (κ1) is 14.5. The summed E-state index contributed by atoms with van der Waals surface area (Å²) in [4.78, 5) is 17.6. The quantitative estimate of drug-likeness (QED) is 0.795.